The fraction of sp³-hybridized carbons (Fsp3) is 0.200. The van der Waals surface area contributed by atoms with E-state index in [-0.39, 0.29) is 17.7 Å². The van der Waals surface area contributed by atoms with Crippen LogP contribution in [0.15, 0.2) is 30.7 Å². The molecule has 1 atom stereocenters. The lowest BCUT2D eigenvalue weighted by atomic mass is 9.99. The van der Waals surface area contributed by atoms with Crippen LogP contribution in [0.3, 0.4) is 0 Å². The fourth-order valence-electron chi connectivity index (χ4n) is 2.14. The molecule has 0 aliphatic rings. The van der Waals surface area contributed by atoms with Crippen LogP contribution in [0.2, 0.25) is 0 Å². The van der Waals surface area contributed by atoms with Gasteiger partial charge in [0.25, 0.3) is 0 Å². The molecule has 118 valence electrons. The predicted octanol–water partition coefficient (Wildman–Crippen LogP) is 3.25. The molecule has 0 radical (unpaired) electrons. The van der Waals surface area contributed by atoms with Crippen LogP contribution in [0.25, 0.3) is 0 Å². The van der Waals surface area contributed by atoms with Gasteiger partial charge in [0.1, 0.15) is 11.6 Å². The van der Waals surface area contributed by atoms with E-state index >= 15 is 0 Å². The van der Waals surface area contributed by atoms with Gasteiger partial charge in [0, 0.05) is 34.4 Å². The van der Waals surface area contributed by atoms with E-state index in [2.05, 4.69) is 25.3 Å². The third-order valence-electron chi connectivity index (χ3n) is 3.34. The summed E-state index contributed by atoms with van der Waals surface area (Å²) >= 11 is 1.52. The molecule has 0 fully saturated rings. The number of halogens is 1. The Labute approximate surface area is 136 Å². The molecular formula is C15H15FN6S. The summed E-state index contributed by atoms with van der Waals surface area (Å²) in [6.07, 6.45) is 4.63. The zero-order chi connectivity index (χ0) is 16.4. The third kappa shape index (κ3) is 3.42. The molecule has 3 rings (SSSR count). The molecule has 0 aliphatic heterocycles. The second-order valence-electron chi connectivity index (χ2n) is 5.06. The molecule has 23 heavy (non-hydrogen) atoms. The summed E-state index contributed by atoms with van der Waals surface area (Å²) in [5, 5.41) is 3.89. The summed E-state index contributed by atoms with van der Waals surface area (Å²) in [7, 11) is 0. The van der Waals surface area contributed by atoms with Crippen molar-refractivity contribution in [2.45, 2.75) is 19.8 Å². The number of pyridine rings is 1. The number of nitrogens with two attached hydrogens (primary N) is 1. The van der Waals surface area contributed by atoms with Gasteiger partial charge in [-0.3, -0.25) is 4.98 Å². The van der Waals surface area contributed by atoms with Crippen molar-refractivity contribution < 1.29 is 4.39 Å². The topological polar surface area (TPSA) is 89.6 Å². The average Bonchev–Trinajstić information content (AvgIpc) is 2.93. The lowest BCUT2D eigenvalue weighted by Gasteiger charge is -2.15. The van der Waals surface area contributed by atoms with Gasteiger partial charge in [0.15, 0.2) is 5.13 Å². The van der Waals surface area contributed by atoms with Crippen LogP contribution in [0.4, 0.5) is 21.3 Å². The van der Waals surface area contributed by atoms with Crippen molar-refractivity contribution in [1.82, 2.24) is 19.9 Å². The number of anilines is 3. The normalized spacial score (nSPS) is 12.1. The summed E-state index contributed by atoms with van der Waals surface area (Å²) in [5.41, 5.74) is 7.23. The number of aryl methyl sites for hydroxylation is 1. The van der Waals surface area contributed by atoms with Crippen LogP contribution in [0, 0.1) is 12.7 Å². The molecule has 0 aliphatic carbocycles. The van der Waals surface area contributed by atoms with Gasteiger partial charge in [0.2, 0.25) is 5.95 Å². The third-order valence-corrected chi connectivity index (χ3v) is 4.17. The SMILES string of the molecule is Cc1cnc(Nc2nc(N)ncc2[C@H](C)c2ccc(F)cn2)s1. The molecule has 3 N–H and O–H groups in total. The van der Waals surface area contributed by atoms with Crippen molar-refractivity contribution in [3.8, 4) is 0 Å². The molecule has 0 saturated carbocycles. The van der Waals surface area contributed by atoms with Gasteiger partial charge >= 0.3 is 0 Å². The monoisotopic (exact) mass is 330 g/mol. The lowest BCUT2D eigenvalue weighted by Crippen LogP contribution is -2.08. The van der Waals surface area contributed by atoms with E-state index < -0.39 is 0 Å². The molecule has 0 aromatic carbocycles. The molecule has 0 bridgehead atoms. The number of nitrogen functional groups attached to an aromatic ring is 1. The van der Waals surface area contributed by atoms with E-state index in [1.807, 2.05) is 13.8 Å². The van der Waals surface area contributed by atoms with E-state index in [1.165, 1.54) is 23.6 Å². The van der Waals surface area contributed by atoms with Crippen LogP contribution >= 0.6 is 11.3 Å². The Hall–Kier alpha value is -2.61. The Bertz CT molecular complexity index is 817. The maximum atomic E-state index is 13.1. The van der Waals surface area contributed by atoms with E-state index in [4.69, 9.17) is 5.73 Å². The van der Waals surface area contributed by atoms with Gasteiger partial charge in [-0.2, -0.15) is 4.98 Å². The number of thiazole rings is 1. The molecule has 0 amide bonds. The molecule has 3 heterocycles. The fourth-order valence-corrected chi connectivity index (χ4v) is 2.80. The van der Waals surface area contributed by atoms with Crippen molar-refractivity contribution in [2.24, 2.45) is 0 Å². The summed E-state index contributed by atoms with van der Waals surface area (Å²) in [5.74, 6) is 0.250. The second-order valence-corrected chi connectivity index (χ2v) is 6.29. The van der Waals surface area contributed by atoms with Crippen LogP contribution in [0.5, 0.6) is 0 Å². The van der Waals surface area contributed by atoms with Crippen LogP contribution in [-0.2, 0) is 0 Å². The molecule has 8 heteroatoms. The van der Waals surface area contributed by atoms with Crippen LogP contribution in [-0.4, -0.2) is 19.9 Å². The first-order valence-electron chi connectivity index (χ1n) is 6.96. The smallest absolute Gasteiger partial charge is 0.221 e. The Morgan fingerprint density at radius 1 is 1.17 bits per heavy atom. The molecule has 3 aromatic rings. The highest BCUT2D eigenvalue weighted by atomic mass is 32.1. The summed E-state index contributed by atoms with van der Waals surface area (Å²) in [4.78, 5) is 17.8. The number of aromatic nitrogens is 4. The van der Waals surface area contributed by atoms with Crippen molar-refractivity contribution in [2.75, 3.05) is 11.1 Å². The largest absolute Gasteiger partial charge is 0.368 e. The maximum absolute atomic E-state index is 13.1. The van der Waals surface area contributed by atoms with Crippen molar-refractivity contribution in [3.05, 3.63) is 52.7 Å². The van der Waals surface area contributed by atoms with Crippen LogP contribution in [0.1, 0.15) is 29.0 Å². The van der Waals surface area contributed by atoms with Gasteiger partial charge in [-0.05, 0) is 19.1 Å². The minimum atomic E-state index is -0.369. The zero-order valence-corrected chi connectivity index (χ0v) is 13.4. The van der Waals surface area contributed by atoms with Crippen molar-refractivity contribution >= 4 is 28.2 Å². The average molecular weight is 330 g/mol. The van der Waals surface area contributed by atoms with Crippen molar-refractivity contribution in [1.29, 1.82) is 0 Å². The second kappa shape index (κ2) is 6.25. The first-order valence-corrected chi connectivity index (χ1v) is 7.78. The molecule has 3 aromatic heterocycles. The van der Waals surface area contributed by atoms with Gasteiger partial charge < -0.3 is 11.1 Å². The number of hydrogen-bond donors (Lipinski definition) is 2. The standard InChI is InChI=1S/C15H15FN6S/c1-8-5-20-15(23-8)22-13-11(7-19-14(17)21-13)9(2)12-4-3-10(16)6-18-12/h3-7,9H,1-2H3,(H3,17,19,20,21,22)/t9-/m0/s1. The lowest BCUT2D eigenvalue weighted by molar-refractivity contribution is 0.618. The predicted molar refractivity (Wildman–Crippen MR) is 88.3 cm³/mol. The first-order chi connectivity index (χ1) is 11.0. The zero-order valence-electron chi connectivity index (χ0n) is 12.6. The number of nitrogens with zero attached hydrogens (tertiary/aromatic N) is 4. The summed E-state index contributed by atoms with van der Waals surface area (Å²) in [6.45, 7) is 3.93. The van der Waals surface area contributed by atoms with Gasteiger partial charge in [-0.25, -0.2) is 14.4 Å². The highest BCUT2D eigenvalue weighted by Gasteiger charge is 2.17. The Kier molecular flexibility index (Phi) is 4.16. The minimum Gasteiger partial charge on any atom is -0.368 e. The quantitative estimate of drug-likeness (QED) is 0.763. The highest BCUT2D eigenvalue weighted by molar-refractivity contribution is 7.15. The minimum absolute atomic E-state index is 0.125. The number of hydrogen-bond acceptors (Lipinski definition) is 7. The Balaban J connectivity index is 1.96. The Morgan fingerprint density at radius 3 is 2.65 bits per heavy atom. The molecule has 6 nitrogen and oxygen atoms in total. The number of rotatable bonds is 4. The molecule has 0 spiro atoms. The molecule has 0 saturated heterocycles. The highest BCUT2D eigenvalue weighted by Crippen LogP contribution is 2.30. The van der Waals surface area contributed by atoms with Crippen LogP contribution < -0.4 is 11.1 Å². The summed E-state index contributed by atoms with van der Waals surface area (Å²) < 4.78 is 13.1. The molecule has 0 unspecified atom stereocenters. The number of nitrogens with one attached hydrogen (secondary N) is 1. The van der Waals surface area contributed by atoms with E-state index in [0.717, 1.165) is 21.3 Å². The van der Waals surface area contributed by atoms with Crippen molar-refractivity contribution in [3.63, 3.8) is 0 Å². The first kappa shape index (κ1) is 15.3. The Morgan fingerprint density at radius 2 is 2.00 bits per heavy atom. The summed E-state index contributed by atoms with van der Waals surface area (Å²) in [6, 6.07) is 3.03. The van der Waals surface area contributed by atoms with Gasteiger partial charge in [-0.15, -0.1) is 11.3 Å². The van der Waals surface area contributed by atoms with E-state index in [0.29, 0.717) is 5.82 Å². The van der Waals surface area contributed by atoms with E-state index in [1.54, 1.807) is 18.5 Å². The molecular weight excluding hydrogens is 315 g/mol. The van der Waals surface area contributed by atoms with Gasteiger partial charge in [0.05, 0.1) is 6.20 Å². The van der Waals surface area contributed by atoms with Gasteiger partial charge in [-0.1, -0.05) is 6.92 Å². The van der Waals surface area contributed by atoms with E-state index in [9.17, 15) is 4.39 Å². The maximum Gasteiger partial charge on any atom is 0.221 e.